The summed E-state index contributed by atoms with van der Waals surface area (Å²) in [6.07, 6.45) is 3.35. The van der Waals surface area contributed by atoms with Crippen LogP contribution in [0.3, 0.4) is 0 Å². The third-order valence-electron chi connectivity index (χ3n) is 3.64. The average Bonchev–Trinajstić information content (AvgIpc) is 2.82. The van der Waals surface area contributed by atoms with Crippen LogP contribution in [-0.2, 0) is 11.3 Å². The fourth-order valence-corrected chi connectivity index (χ4v) is 3.27. The summed E-state index contributed by atoms with van der Waals surface area (Å²) in [5, 5.41) is 6.35. The predicted octanol–water partition coefficient (Wildman–Crippen LogP) is 2.45. The summed E-state index contributed by atoms with van der Waals surface area (Å²) in [7, 11) is 0. The topological polar surface area (TPSA) is 41.1 Å². The molecule has 0 radical (unpaired) electrons. The van der Waals surface area contributed by atoms with Gasteiger partial charge in [0.05, 0.1) is 12.6 Å². The Balaban J connectivity index is 1.80. The minimum absolute atomic E-state index is 0.00441. The molecule has 0 bridgehead atoms. The largest absolute Gasteiger partial charge is 0.350 e. The van der Waals surface area contributed by atoms with E-state index in [1.807, 2.05) is 0 Å². The highest BCUT2D eigenvalue weighted by Crippen LogP contribution is 2.19. The number of thiophene rings is 1. The summed E-state index contributed by atoms with van der Waals surface area (Å²) >= 11 is 1.75. The lowest BCUT2D eigenvalue weighted by Gasteiger charge is -2.28. The fourth-order valence-electron chi connectivity index (χ4n) is 2.44. The molecule has 1 aromatic rings. The second-order valence-corrected chi connectivity index (χ2v) is 6.41. The van der Waals surface area contributed by atoms with Crippen LogP contribution in [-0.4, -0.2) is 18.5 Å². The normalized spacial score (nSPS) is 23.9. The van der Waals surface area contributed by atoms with Gasteiger partial charge in [-0.05, 0) is 44.4 Å². The number of hydrogen-bond donors (Lipinski definition) is 2. The lowest BCUT2D eigenvalue weighted by Crippen LogP contribution is -2.48. The van der Waals surface area contributed by atoms with E-state index in [1.165, 1.54) is 22.6 Å². The molecule has 4 heteroatoms. The van der Waals surface area contributed by atoms with E-state index in [9.17, 15) is 4.79 Å². The smallest absolute Gasteiger partial charge is 0.237 e. The number of carbonyl (C=O) groups is 1. The van der Waals surface area contributed by atoms with E-state index in [4.69, 9.17) is 0 Å². The highest BCUT2D eigenvalue weighted by molar-refractivity contribution is 7.11. The summed E-state index contributed by atoms with van der Waals surface area (Å²) in [6.45, 7) is 5.92. The Bertz CT molecular complexity index is 402. The second kappa shape index (κ2) is 6.34. The van der Waals surface area contributed by atoms with Gasteiger partial charge in [-0.1, -0.05) is 13.3 Å². The second-order valence-electron chi connectivity index (χ2n) is 5.04. The van der Waals surface area contributed by atoms with E-state index in [-0.39, 0.29) is 11.9 Å². The number of nitrogens with one attached hydrogen (secondary N) is 2. The molecule has 0 spiro atoms. The third-order valence-corrected chi connectivity index (χ3v) is 4.64. The minimum atomic E-state index is 0.00441. The van der Waals surface area contributed by atoms with Crippen LogP contribution < -0.4 is 10.6 Å². The highest BCUT2D eigenvalue weighted by atomic mass is 32.1. The van der Waals surface area contributed by atoms with Crippen LogP contribution in [0.15, 0.2) is 12.1 Å². The summed E-state index contributed by atoms with van der Waals surface area (Å²) in [5.41, 5.74) is 0. The Labute approximate surface area is 113 Å². The number of carbonyl (C=O) groups excluding carboxylic acids is 1. The summed E-state index contributed by atoms with van der Waals surface area (Å²) in [6, 6.07) is 4.19. The van der Waals surface area contributed by atoms with Crippen molar-refractivity contribution in [3.8, 4) is 0 Å². The van der Waals surface area contributed by atoms with E-state index in [2.05, 4.69) is 36.6 Å². The maximum Gasteiger partial charge on any atom is 0.237 e. The molecule has 0 aliphatic carbocycles. The SMILES string of the molecule is CCC1CCNC(C(=O)NCc2ccc(C)s2)C1. The van der Waals surface area contributed by atoms with Crippen LogP contribution in [0.1, 0.15) is 35.9 Å². The number of amides is 1. The van der Waals surface area contributed by atoms with Crippen molar-refractivity contribution in [2.75, 3.05) is 6.54 Å². The van der Waals surface area contributed by atoms with Gasteiger partial charge in [-0.2, -0.15) is 0 Å². The van der Waals surface area contributed by atoms with E-state index >= 15 is 0 Å². The summed E-state index contributed by atoms with van der Waals surface area (Å²) in [5.74, 6) is 0.852. The molecule has 0 saturated carbocycles. The number of aryl methyl sites for hydroxylation is 1. The Morgan fingerprint density at radius 1 is 1.56 bits per heavy atom. The van der Waals surface area contributed by atoms with E-state index in [0.717, 1.165) is 13.0 Å². The van der Waals surface area contributed by atoms with Gasteiger partial charge >= 0.3 is 0 Å². The molecule has 1 amide bonds. The van der Waals surface area contributed by atoms with E-state index in [0.29, 0.717) is 12.5 Å². The highest BCUT2D eigenvalue weighted by Gasteiger charge is 2.25. The van der Waals surface area contributed by atoms with Gasteiger partial charge in [0.2, 0.25) is 5.91 Å². The van der Waals surface area contributed by atoms with Crippen molar-refractivity contribution in [1.29, 1.82) is 0 Å². The van der Waals surface area contributed by atoms with Crippen LogP contribution in [0.25, 0.3) is 0 Å². The van der Waals surface area contributed by atoms with Gasteiger partial charge in [-0.15, -0.1) is 11.3 Å². The van der Waals surface area contributed by atoms with Crippen molar-refractivity contribution in [2.24, 2.45) is 5.92 Å². The molecule has 18 heavy (non-hydrogen) atoms. The first-order chi connectivity index (χ1) is 8.69. The average molecular weight is 266 g/mol. The Hall–Kier alpha value is -0.870. The molecule has 3 nitrogen and oxygen atoms in total. The molecule has 2 N–H and O–H groups in total. The molecule has 1 saturated heterocycles. The van der Waals surface area contributed by atoms with Crippen molar-refractivity contribution in [3.05, 3.63) is 21.9 Å². The molecule has 2 atom stereocenters. The molecule has 2 unspecified atom stereocenters. The number of hydrogen-bond acceptors (Lipinski definition) is 3. The third kappa shape index (κ3) is 3.56. The van der Waals surface area contributed by atoms with Crippen molar-refractivity contribution >= 4 is 17.2 Å². The first-order valence-corrected chi connectivity index (χ1v) is 7.57. The van der Waals surface area contributed by atoms with Gasteiger partial charge in [0.1, 0.15) is 0 Å². The molecular formula is C14H22N2OS. The van der Waals surface area contributed by atoms with Crippen molar-refractivity contribution in [2.45, 2.75) is 45.7 Å². The van der Waals surface area contributed by atoms with Crippen molar-refractivity contribution in [1.82, 2.24) is 10.6 Å². The summed E-state index contributed by atoms with van der Waals surface area (Å²) in [4.78, 5) is 14.6. The zero-order valence-corrected chi connectivity index (χ0v) is 12.0. The minimum Gasteiger partial charge on any atom is -0.350 e. The summed E-state index contributed by atoms with van der Waals surface area (Å²) < 4.78 is 0. The molecule has 100 valence electrons. The monoisotopic (exact) mass is 266 g/mol. The maximum atomic E-state index is 12.1. The quantitative estimate of drug-likeness (QED) is 0.879. The zero-order valence-electron chi connectivity index (χ0n) is 11.2. The van der Waals surface area contributed by atoms with Gasteiger partial charge in [0.25, 0.3) is 0 Å². The number of piperidine rings is 1. The van der Waals surface area contributed by atoms with Gasteiger partial charge in [-0.25, -0.2) is 0 Å². The first-order valence-electron chi connectivity index (χ1n) is 6.75. The van der Waals surface area contributed by atoms with E-state index < -0.39 is 0 Å². The fraction of sp³-hybridized carbons (Fsp3) is 0.643. The molecule has 1 aromatic heterocycles. The predicted molar refractivity (Wildman–Crippen MR) is 75.7 cm³/mol. The van der Waals surface area contributed by atoms with Crippen LogP contribution in [0, 0.1) is 12.8 Å². The number of rotatable bonds is 4. The molecule has 0 aromatic carbocycles. The van der Waals surface area contributed by atoms with Crippen molar-refractivity contribution < 1.29 is 4.79 Å². The molecule has 2 rings (SSSR count). The molecular weight excluding hydrogens is 244 g/mol. The first kappa shape index (κ1) is 13.6. The van der Waals surface area contributed by atoms with Crippen LogP contribution >= 0.6 is 11.3 Å². The Morgan fingerprint density at radius 2 is 2.39 bits per heavy atom. The Morgan fingerprint density at radius 3 is 3.06 bits per heavy atom. The van der Waals surface area contributed by atoms with Gasteiger partial charge in [0, 0.05) is 9.75 Å². The van der Waals surface area contributed by atoms with Crippen LogP contribution in [0.2, 0.25) is 0 Å². The maximum absolute atomic E-state index is 12.1. The van der Waals surface area contributed by atoms with Crippen LogP contribution in [0.4, 0.5) is 0 Å². The standard InChI is InChI=1S/C14H22N2OS/c1-3-11-6-7-15-13(8-11)14(17)16-9-12-5-4-10(2)18-12/h4-5,11,13,15H,3,6-9H2,1-2H3,(H,16,17). The lowest BCUT2D eigenvalue weighted by molar-refractivity contribution is -0.124. The van der Waals surface area contributed by atoms with Crippen LogP contribution in [0.5, 0.6) is 0 Å². The van der Waals surface area contributed by atoms with Gasteiger partial charge in [0.15, 0.2) is 0 Å². The Kier molecular flexibility index (Phi) is 4.78. The zero-order chi connectivity index (χ0) is 13.0. The molecule has 1 aliphatic heterocycles. The molecule has 1 fully saturated rings. The van der Waals surface area contributed by atoms with Gasteiger partial charge in [-0.3, -0.25) is 4.79 Å². The van der Waals surface area contributed by atoms with E-state index in [1.54, 1.807) is 11.3 Å². The molecule has 2 heterocycles. The lowest BCUT2D eigenvalue weighted by atomic mass is 9.90. The van der Waals surface area contributed by atoms with Gasteiger partial charge < -0.3 is 10.6 Å². The molecule has 1 aliphatic rings. The van der Waals surface area contributed by atoms with Crippen molar-refractivity contribution in [3.63, 3.8) is 0 Å².